The summed E-state index contributed by atoms with van der Waals surface area (Å²) >= 11 is 0. The topological polar surface area (TPSA) is 610 Å². The fraction of sp³-hybridized carbons (Fsp3) is 0.821. The van der Waals surface area contributed by atoms with Crippen molar-refractivity contribution in [1.82, 2.24) is 47.9 Å². The normalized spacial score (nSPS) is 23.6. The van der Waals surface area contributed by atoms with Crippen LogP contribution < -0.4 is 47.9 Å². The summed E-state index contributed by atoms with van der Waals surface area (Å²) < 4.78 is 103. The van der Waals surface area contributed by atoms with Crippen LogP contribution in [0.3, 0.4) is 0 Å². The molecule has 18 N–H and O–H groups in total. The Labute approximate surface area is 752 Å². The van der Waals surface area contributed by atoms with Gasteiger partial charge in [-0.3, -0.25) is 38.4 Å². The van der Waals surface area contributed by atoms with Crippen molar-refractivity contribution in [2.75, 3.05) is 205 Å². The Morgan fingerprint density at radius 2 is 0.674 bits per heavy atom. The van der Waals surface area contributed by atoms with Crippen molar-refractivity contribution in [1.29, 1.82) is 0 Å². The van der Waals surface area contributed by atoms with E-state index in [1.54, 1.807) is 0 Å². The lowest BCUT2D eigenvalue weighted by Crippen LogP contribution is -2.64. The van der Waals surface area contributed by atoms with Crippen LogP contribution in [0.25, 0.3) is 0 Å². The number of carbonyl (C=O) groups excluding carboxylic acids is 9. The largest absolute Gasteiger partial charge is 0.445 e. The van der Waals surface area contributed by atoms with Crippen LogP contribution in [0.15, 0.2) is 30.3 Å². The molecular formula is C84H145N9O36. The van der Waals surface area contributed by atoms with Crippen molar-refractivity contribution in [2.24, 2.45) is 0 Å². The number of nitrogens with one attached hydrogen (secondary N) is 9. The molecule has 4 fully saturated rings. The molecule has 1 aromatic rings. The van der Waals surface area contributed by atoms with E-state index < -0.39 is 147 Å². The highest BCUT2D eigenvalue weighted by atomic mass is 16.7. The van der Waals surface area contributed by atoms with Crippen LogP contribution in [-0.2, 0) is 130 Å². The van der Waals surface area contributed by atoms with Crippen LogP contribution in [0.2, 0.25) is 0 Å². The van der Waals surface area contributed by atoms with Crippen molar-refractivity contribution in [2.45, 2.75) is 240 Å². The molecule has 3 aliphatic heterocycles. The summed E-state index contributed by atoms with van der Waals surface area (Å²) in [6.07, 6.45) is -6.48. The van der Waals surface area contributed by atoms with Gasteiger partial charge in [-0.1, -0.05) is 68.9 Å². The summed E-state index contributed by atoms with van der Waals surface area (Å²) in [7, 11) is 0. The highest BCUT2D eigenvalue weighted by Crippen LogP contribution is 2.34. The van der Waals surface area contributed by atoms with Crippen LogP contribution in [-0.4, -0.2) is 407 Å². The van der Waals surface area contributed by atoms with Crippen molar-refractivity contribution in [3.63, 3.8) is 0 Å². The van der Waals surface area contributed by atoms with Gasteiger partial charge < -0.3 is 179 Å². The molecule has 0 aromatic heterocycles. The number of carbonyl (C=O) groups is 9. The number of aliphatic hydroxyl groups excluding tert-OH is 9. The molecule has 129 heavy (non-hydrogen) atoms. The first-order valence-corrected chi connectivity index (χ1v) is 44.7. The molecule has 4 aliphatic rings. The van der Waals surface area contributed by atoms with E-state index in [-0.39, 0.29) is 240 Å². The highest BCUT2D eigenvalue weighted by Gasteiger charge is 2.48. The number of amides is 9. The van der Waals surface area contributed by atoms with E-state index in [4.69, 9.17) is 85.3 Å². The second-order valence-corrected chi connectivity index (χ2v) is 31.4. The molecular weight excluding hydrogens is 1710 g/mol. The monoisotopic (exact) mass is 1860 g/mol. The molecule has 0 bridgehead atoms. The first-order chi connectivity index (χ1) is 62.3. The predicted octanol–water partition coefficient (Wildman–Crippen LogP) is -4.36. The van der Waals surface area contributed by atoms with Gasteiger partial charge in [0.25, 0.3) is 0 Å². The molecule has 45 heteroatoms. The van der Waals surface area contributed by atoms with Crippen LogP contribution in [0.1, 0.15) is 135 Å². The summed E-state index contributed by atoms with van der Waals surface area (Å²) in [5.41, 5.74) is -0.547. The summed E-state index contributed by atoms with van der Waals surface area (Å²) in [6.45, 7) is 3.60. The number of ether oxygens (including phenoxy) is 18. The standard InChI is InChI=1S/C84H145N9O36/c1-58(97)90-70-76(108)73(105)62(51-94)127-79(70)121-48-45-115-42-39-112-34-26-85-66(101)21-31-118-55-83(56-119-32-22-67(102)86-27-35-113-40-43-116-46-49-122-80-71(91-59(2)98)77(109)74(106)63(52-95)128-80,57-120-33-23-68(103)87-28-36-114-41-44-117-47-50-123-81-72(92-60(3)99)78(110)75(107)64(53-96)129-81)93-69(104)20-14-9-7-5-4-6-8-13-19-65(100)88-29-37-125-84(24-15-16-25-84)126-38-30-89-82(111)124-54-61-17-11-10-12-18-61/h10-12,17-18,62-64,70-81,94-96,105-110H,4-9,13-16,19-57H2,1-3H3,(H,85,101)(H,86,102)(H,87,103)(H,88,100)(H,89,111)(H,90,97)(H,91,98)(H,92,99)(H,93,104). The molecule has 3 heterocycles. The third-order valence-electron chi connectivity index (χ3n) is 20.7. The van der Waals surface area contributed by atoms with Crippen LogP contribution in [0.4, 0.5) is 4.79 Å². The maximum absolute atomic E-state index is 14.1. The van der Waals surface area contributed by atoms with Crippen molar-refractivity contribution < 1.29 is 174 Å². The quantitative estimate of drug-likeness (QED) is 0.0216. The van der Waals surface area contributed by atoms with E-state index in [1.807, 2.05) is 30.3 Å². The first kappa shape index (κ1) is 113. The number of aliphatic hydroxyl groups is 9. The van der Waals surface area contributed by atoms with Crippen LogP contribution in [0, 0.1) is 0 Å². The van der Waals surface area contributed by atoms with Gasteiger partial charge in [-0.2, -0.15) is 0 Å². The lowest BCUT2D eigenvalue weighted by atomic mass is 9.97. The molecule has 15 atom stereocenters. The number of hydrogen-bond acceptors (Lipinski definition) is 36. The van der Waals surface area contributed by atoms with Gasteiger partial charge in [-0.15, -0.1) is 0 Å². The van der Waals surface area contributed by atoms with Crippen molar-refractivity contribution in [3.05, 3.63) is 35.9 Å². The van der Waals surface area contributed by atoms with Crippen molar-refractivity contribution in [3.8, 4) is 0 Å². The van der Waals surface area contributed by atoms with Gasteiger partial charge in [-0.05, 0) is 31.2 Å². The van der Waals surface area contributed by atoms with Gasteiger partial charge in [0.1, 0.15) is 85.2 Å². The zero-order valence-electron chi connectivity index (χ0n) is 74.7. The Bertz CT molecular complexity index is 3020. The van der Waals surface area contributed by atoms with Gasteiger partial charge in [0.15, 0.2) is 24.7 Å². The molecule has 3 saturated heterocycles. The summed E-state index contributed by atoms with van der Waals surface area (Å²) in [6, 6.07) is 6.05. The third-order valence-corrected chi connectivity index (χ3v) is 20.7. The summed E-state index contributed by atoms with van der Waals surface area (Å²) in [5.74, 6) is -3.85. The molecule has 0 spiro atoms. The number of alkyl carbamates (subject to hydrolysis) is 1. The zero-order chi connectivity index (χ0) is 93.7. The average Bonchev–Trinajstić information content (AvgIpc) is 1.61. The molecule has 0 radical (unpaired) electrons. The molecule has 1 aliphatic carbocycles. The Balaban J connectivity index is 1.08. The molecule has 9 amide bonds. The summed E-state index contributed by atoms with van der Waals surface area (Å²) in [5, 5.41) is 116. The maximum atomic E-state index is 14.1. The van der Waals surface area contributed by atoms with E-state index in [9.17, 15) is 89.1 Å². The van der Waals surface area contributed by atoms with Gasteiger partial charge in [0.2, 0.25) is 47.3 Å². The Kier molecular flexibility index (Phi) is 58.9. The van der Waals surface area contributed by atoms with E-state index in [0.717, 1.165) is 56.9 Å². The van der Waals surface area contributed by atoms with Crippen LogP contribution >= 0.6 is 0 Å². The fourth-order valence-electron chi connectivity index (χ4n) is 14.0. The fourth-order valence-corrected chi connectivity index (χ4v) is 14.0. The first-order valence-electron chi connectivity index (χ1n) is 44.7. The highest BCUT2D eigenvalue weighted by molar-refractivity contribution is 5.78. The van der Waals surface area contributed by atoms with Crippen molar-refractivity contribution >= 4 is 53.4 Å². The molecule has 15 unspecified atom stereocenters. The maximum Gasteiger partial charge on any atom is 0.407 e. The number of unbranched alkanes of at least 4 members (excludes halogenated alkanes) is 7. The second-order valence-electron chi connectivity index (χ2n) is 31.4. The molecule has 1 saturated carbocycles. The number of rotatable bonds is 73. The molecule has 1 aromatic carbocycles. The molecule has 5 rings (SSSR count). The minimum absolute atomic E-state index is 0.0397. The van der Waals surface area contributed by atoms with E-state index >= 15 is 0 Å². The Morgan fingerprint density at radius 3 is 1.02 bits per heavy atom. The van der Waals surface area contributed by atoms with E-state index in [2.05, 4.69) is 47.9 Å². The second kappa shape index (κ2) is 67.4. The average molecular weight is 1860 g/mol. The third kappa shape index (κ3) is 47.6. The van der Waals surface area contributed by atoms with Gasteiger partial charge in [0, 0.05) is 98.4 Å². The molecule has 742 valence electrons. The lowest BCUT2D eigenvalue weighted by Gasteiger charge is -2.42. The minimum Gasteiger partial charge on any atom is -0.445 e. The van der Waals surface area contributed by atoms with Gasteiger partial charge in [0.05, 0.1) is 172 Å². The number of hydrogen-bond donors (Lipinski definition) is 18. The van der Waals surface area contributed by atoms with Crippen LogP contribution in [0.5, 0.6) is 0 Å². The molecule has 45 nitrogen and oxygen atoms in total. The lowest BCUT2D eigenvalue weighted by molar-refractivity contribution is -0.272. The zero-order valence-corrected chi connectivity index (χ0v) is 74.7. The SMILES string of the molecule is CC(=O)NC1C(OCCOCCOCCNC(=O)CCOCC(COCCC(=O)NCCOCCOCCOC2OC(CO)C(O)C(O)C2NC(C)=O)(COCCC(=O)NCCOCCOCCOC2OC(CO)C(O)C(O)C2NC(C)=O)NC(=O)CCCCCCCCCCC(=O)NCCOC2(OCCNC(=O)OCc3ccccc3)CCCC2)OC(CO)C(O)C1O. The Morgan fingerprint density at radius 1 is 0.364 bits per heavy atom. The minimum atomic E-state index is -1.47. The van der Waals surface area contributed by atoms with Gasteiger partial charge >= 0.3 is 6.09 Å². The van der Waals surface area contributed by atoms with Gasteiger partial charge in [-0.25, -0.2) is 4.79 Å². The smallest absolute Gasteiger partial charge is 0.407 e. The predicted molar refractivity (Wildman–Crippen MR) is 452 cm³/mol. The van der Waals surface area contributed by atoms with E-state index in [0.29, 0.717) is 38.6 Å². The number of benzene rings is 1. The summed E-state index contributed by atoms with van der Waals surface area (Å²) in [4.78, 5) is 114. The van der Waals surface area contributed by atoms with E-state index in [1.165, 1.54) is 20.8 Å². The Hall–Kier alpha value is -6.79.